The first-order chi connectivity index (χ1) is 12.2. The quantitative estimate of drug-likeness (QED) is 0.799. The molecular weight excluding hydrogens is 312 g/mol. The molecule has 1 amide bonds. The van der Waals surface area contributed by atoms with E-state index >= 15 is 0 Å². The van der Waals surface area contributed by atoms with Gasteiger partial charge in [0.2, 0.25) is 5.91 Å². The summed E-state index contributed by atoms with van der Waals surface area (Å²) in [5.41, 5.74) is 2.18. The Morgan fingerprint density at radius 1 is 1.08 bits per heavy atom. The fourth-order valence-electron chi connectivity index (χ4n) is 4.12. The Hall–Kier alpha value is -1.39. The largest absolute Gasteiger partial charge is 0.396 e. The highest BCUT2D eigenvalue weighted by molar-refractivity contribution is 5.92. The zero-order valence-corrected chi connectivity index (χ0v) is 15.3. The average molecular weight is 344 g/mol. The highest BCUT2D eigenvalue weighted by atomic mass is 16.3. The molecule has 138 valence electrons. The monoisotopic (exact) mass is 344 g/mol. The van der Waals surface area contributed by atoms with Crippen LogP contribution in [0.3, 0.4) is 0 Å². The van der Waals surface area contributed by atoms with Gasteiger partial charge in [-0.25, -0.2) is 0 Å². The van der Waals surface area contributed by atoms with Crippen molar-refractivity contribution in [2.45, 2.75) is 57.9 Å². The van der Waals surface area contributed by atoms with Gasteiger partial charge in [0.1, 0.15) is 0 Å². The van der Waals surface area contributed by atoms with Crippen LogP contribution in [0.25, 0.3) is 0 Å². The van der Waals surface area contributed by atoms with Gasteiger partial charge in [0.25, 0.3) is 0 Å². The van der Waals surface area contributed by atoms with Crippen LogP contribution >= 0.6 is 0 Å². The van der Waals surface area contributed by atoms with E-state index < -0.39 is 0 Å². The number of likely N-dealkylation sites (tertiary alicyclic amines) is 1. The molecule has 2 aliphatic rings. The molecule has 0 atom stereocenters. The minimum absolute atomic E-state index is 0.184. The summed E-state index contributed by atoms with van der Waals surface area (Å²) in [7, 11) is 0. The van der Waals surface area contributed by atoms with Gasteiger partial charge < -0.3 is 10.4 Å². The van der Waals surface area contributed by atoms with Gasteiger partial charge in [-0.3, -0.25) is 9.69 Å². The number of nitrogens with one attached hydrogen (secondary N) is 1. The van der Waals surface area contributed by atoms with Crippen LogP contribution in [0.4, 0.5) is 5.69 Å². The predicted octanol–water partition coefficient (Wildman–Crippen LogP) is 3.80. The fourth-order valence-corrected chi connectivity index (χ4v) is 4.12. The molecule has 1 aromatic carbocycles. The molecule has 0 bridgehead atoms. The Morgan fingerprint density at radius 3 is 2.48 bits per heavy atom. The highest BCUT2D eigenvalue weighted by Gasteiger charge is 2.21. The lowest BCUT2D eigenvalue weighted by atomic mass is 9.97. The summed E-state index contributed by atoms with van der Waals surface area (Å²) >= 11 is 0. The molecule has 2 fully saturated rings. The first-order valence-corrected chi connectivity index (χ1v) is 9.97. The second-order valence-electron chi connectivity index (χ2n) is 7.78. The molecule has 1 aromatic rings. The summed E-state index contributed by atoms with van der Waals surface area (Å²) in [6.07, 6.45) is 9.13. The summed E-state index contributed by atoms with van der Waals surface area (Å²) < 4.78 is 0. The number of carbonyl (C=O) groups excluding carboxylic acids is 1. The number of carbonyl (C=O) groups is 1. The van der Waals surface area contributed by atoms with Gasteiger partial charge in [-0.2, -0.15) is 0 Å². The van der Waals surface area contributed by atoms with E-state index in [0.29, 0.717) is 12.5 Å². The molecule has 1 aliphatic carbocycles. The maximum Gasteiger partial charge on any atom is 0.227 e. The van der Waals surface area contributed by atoms with Crippen molar-refractivity contribution in [2.75, 3.05) is 25.0 Å². The molecule has 0 unspecified atom stereocenters. The Kier molecular flexibility index (Phi) is 6.88. The summed E-state index contributed by atoms with van der Waals surface area (Å²) in [5.74, 6) is 0.855. The molecule has 0 aromatic heterocycles. The molecule has 1 saturated carbocycles. The van der Waals surface area contributed by atoms with E-state index in [1.165, 1.54) is 31.2 Å². The smallest absolute Gasteiger partial charge is 0.227 e. The minimum atomic E-state index is 0.184. The maximum absolute atomic E-state index is 12.5. The highest BCUT2D eigenvalue weighted by Crippen LogP contribution is 2.25. The first-order valence-electron chi connectivity index (χ1n) is 9.97. The second-order valence-corrected chi connectivity index (χ2v) is 7.78. The lowest BCUT2D eigenvalue weighted by Gasteiger charge is -2.31. The lowest BCUT2D eigenvalue weighted by molar-refractivity contribution is -0.120. The minimum Gasteiger partial charge on any atom is -0.396 e. The van der Waals surface area contributed by atoms with Gasteiger partial charge in [-0.15, -0.1) is 0 Å². The zero-order chi connectivity index (χ0) is 17.5. The number of piperidine rings is 1. The summed E-state index contributed by atoms with van der Waals surface area (Å²) in [5, 5.41) is 12.4. The standard InChI is InChI=1S/C21H32N2O2/c24-16-17-10-12-23(13-11-17)15-18-6-5-9-20(14-18)22-21(25)19-7-3-1-2-4-8-19/h5-6,9,14,17,19,24H,1-4,7-8,10-13,15-16H2,(H,22,25). The van der Waals surface area contributed by atoms with E-state index in [0.717, 1.165) is 51.0 Å². The van der Waals surface area contributed by atoms with E-state index in [9.17, 15) is 9.90 Å². The van der Waals surface area contributed by atoms with E-state index in [1.54, 1.807) is 0 Å². The third kappa shape index (κ3) is 5.55. The normalized spacial score (nSPS) is 21.0. The number of hydrogen-bond donors (Lipinski definition) is 2. The van der Waals surface area contributed by atoms with Crippen molar-refractivity contribution in [3.63, 3.8) is 0 Å². The molecule has 4 nitrogen and oxygen atoms in total. The van der Waals surface area contributed by atoms with Crippen LogP contribution in [-0.4, -0.2) is 35.6 Å². The van der Waals surface area contributed by atoms with Gasteiger partial charge in [-0.1, -0.05) is 37.8 Å². The van der Waals surface area contributed by atoms with E-state index in [4.69, 9.17) is 0 Å². The van der Waals surface area contributed by atoms with Gasteiger partial charge in [-0.05, 0) is 62.4 Å². The summed E-state index contributed by atoms with van der Waals surface area (Å²) in [4.78, 5) is 15.0. The molecule has 0 spiro atoms. The maximum atomic E-state index is 12.5. The van der Waals surface area contributed by atoms with Crippen molar-refractivity contribution in [2.24, 2.45) is 11.8 Å². The van der Waals surface area contributed by atoms with Gasteiger partial charge in [0.15, 0.2) is 0 Å². The number of rotatable bonds is 5. The topological polar surface area (TPSA) is 52.6 Å². The fraction of sp³-hybridized carbons (Fsp3) is 0.667. The molecular formula is C21H32N2O2. The number of amides is 1. The third-order valence-corrected chi connectivity index (χ3v) is 5.79. The SMILES string of the molecule is O=C(Nc1cccc(CN2CCC(CO)CC2)c1)C1CCCCCC1. The summed E-state index contributed by atoms with van der Waals surface area (Å²) in [6, 6.07) is 8.29. The van der Waals surface area contributed by atoms with Gasteiger partial charge >= 0.3 is 0 Å². The van der Waals surface area contributed by atoms with Crippen LogP contribution in [0, 0.1) is 11.8 Å². The van der Waals surface area contributed by atoms with Gasteiger partial charge in [0, 0.05) is 24.8 Å². The molecule has 3 rings (SSSR count). The van der Waals surface area contributed by atoms with Crippen LogP contribution in [0.1, 0.15) is 56.9 Å². The molecule has 1 saturated heterocycles. The van der Waals surface area contributed by atoms with Crippen molar-refractivity contribution in [1.82, 2.24) is 4.90 Å². The average Bonchev–Trinajstić information content (AvgIpc) is 2.92. The lowest BCUT2D eigenvalue weighted by Crippen LogP contribution is -2.34. The van der Waals surface area contributed by atoms with Gasteiger partial charge in [0.05, 0.1) is 0 Å². The van der Waals surface area contributed by atoms with Crippen LogP contribution in [0.15, 0.2) is 24.3 Å². The van der Waals surface area contributed by atoms with Crippen molar-refractivity contribution in [3.8, 4) is 0 Å². The van der Waals surface area contributed by atoms with Crippen molar-refractivity contribution in [3.05, 3.63) is 29.8 Å². The van der Waals surface area contributed by atoms with Crippen molar-refractivity contribution < 1.29 is 9.90 Å². The van der Waals surface area contributed by atoms with Crippen LogP contribution in [0.2, 0.25) is 0 Å². The number of hydrogen-bond acceptors (Lipinski definition) is 3. The van der Waals surface area contributed by atoms with E-state index in [2.05, 4.69) is 22.3 Å². The Balaban J connectivity index is 1.53. The van der Waals surface area contributed by atoms with E-state index in [-0.39, 0.29) is 11.8 Å². The number of benzene rings is 1. The Labute approximate surface area is 151 Å². The van der Waals surface area contributed by atoms with Crippen LogP contribution in [-0.2, 0) is 11.3 Å². The van der Waals surface area contributed by atoms with Crippen LogP contribution in [0.5, 0.6) is 0 Å². The molecule has 1 heterocycles. The molecule has 25 heavy (non-hydrogen) atoms. The number of aliphatic hydroxyl groups excluding tert-OH is 1. The zero-order valence-electron chi connectivity index (χ0n) is 15.3. The Bertz CT molecular complexity index is 545. The van der Waals surface area contributed by atoms with Crippen molar-refractivity contribution in [1.29, 1.82) is 0 Å². The number of anilines is 1. The van der Waals surface area contributed by atoms with Crippen molar-refractivity contribution >= 4 is 11.6 Å². The predicted molar refractivity (Wildman–Crippen MR) is 101 cm³/mol. The number of aliphatic hydroxyl groups is 1. The Morgan fingerprint density at radius 2 is 1.80 bits per heavy atom. The second kappa shape index (κ2) is 9.35. The summed E-state index contributed by atoms with van der Waals surface area (Å²) in [6.45, 7) is 3.33. The third-order valence-electron chi connectivity index (χ3n) is 5.79. The van der Waals surface area contributed by atoms with Crippen LogP contribution < -0.4 is 5.32 Å². The molecule has 4 heteroatoms. The number of nitrogens with zero attached hydrogens (tertiary/aromatic N) is 1. The first kappa shape index (κ1) is 18.4. The molecule has 1 aliphatic heterocycles. The molecule has 0 radical (unpaired) electrons. The molecule has 2 N–H and O–H groups in total. The van der Waals surface area contributed by atoms with E-state index in [1.807, 2.05) is 12.1 Å².